The van der Waals surface area contributed by atoms with Crippen LogP contribution in [0.2, 0.25) is 0 Å². The zero-order valence-corrected chi connectivity index (χ0v) is 11.8. The van der Waals surface area contributed by atoms with Gasteiger partial charge in [-0.2, -0.15) is 11.8 Å². The van der Waals surface area contributed by atoms with Crippen molar-refractivity contribution in [2.45, 2.75) is 19.0 Å². The van der Waals surface area contributed by atoms with Crippen LogP contribution in [-0.4, -0.2) is 39.5 Å². The number of aromatic amines is 1. The summed E-state index contributed by atoms with van der Waals surface area (Å²) in [6.45, 7) is 0.715. The molecule has 0 unspecified atom stereocenters. The van der Waals surface area contributed by atoms with Gasteiger partial charge in [-0.25, -0.2) is 4.98 Å². The second-order valence-corrected chi connectivity index (χ2v) is 6.65. The van der Waals surface area contributed by atoms with Crippen molar-refractivity contribution in [3.05, 3.63) is 27.6 Å². The highest BCUT2D eigenvalue weighted by Gasteiger charge is 2.20. The van der Waals surface area contributed by atoms with Crippen LogP contribution in [0.3, 0.4) is 0 Å². The van der Waals surface area contributed by atoms with E-state index in [-0.39, 0.29) is 5.56 Å². The summed E-state index contributed by atoms with van der Waals surface area (Å²) in [5.74, 6) is 3.19. The summed E-state index contributed by atoms with van der Waals surface area (Å²) in [5.41, 5.74) is 0.798. The van der Waals surface area contributed by atoms with Crippen molar-refractivity contribution in [2.75, 3.05) is 18.6 Å². The Hall–Kier alpha value is -0.850. The highest BCUT2D eigenvalue weighted by molar-refractivity contribution is 7.99. The molecule has 3 heterocycles. The third-order valence-electron chi connectivity index (χ3n) is 3.29. The molecule has 18 heavy (non-hydrogen) atoms. The molecule has 2 aromatic heterocycles. The Bertz CT molecular complexity index is 601. The second kappa shape index (κ2) is 5.03. The molecule has 0 aliphatic carbocycles. The van der Waals surface area contributed by atoms with Gasteiger partial charge < -0.3 is 4.98 Å². The SMILES string of the molecule is CN(Cc1nc2ccsc2c(=O)[nH]1)[C@@H]1CCSC1. The van der Waals surface area contributed by atoms with Crippen LogP contribution in [0.4, 0.5) is 0 Å². The van der Waals surface area contributed by atoms with E-state index in [1.165, 1.54) is 29.3 Å². The number of aromatic nitrogens is 2. The zero-order valence-electron chi connectivity index (χ0n) is 10.2. The van der Waals surface area contributed by atoms with Crippen LogP contribution in [0.5, 0.6) is 0 Å². The molecule has 1 aliphatic rings. The lowest BCUT2D eigenvalue weighted by atomic mass is 10.2. The molecule has 1 saturated heterocycles. The van der Waals surface area contributed by atoms with E-state index >= 15 is 0 Å². The first-order chi connectivity index (χ1) is 8.74. The van der Waals surface area contributed by atoms with E-state index in [0.29, 0.717) is 12.6 Å². The summed E-state index contributed by atoms with van der Waals surface area (Å²) in [4.78, 5) is 21.5. The fraction of sp³-hybridized carbons (Fsp3) is 0.500. The topological polar surface area (TPSA) is 49.0 Å². The van der Waals surface area contributed by atoms with E-state index in [1.807, 2.05) is 23.2 Å². The van der Waals surface area contributed by atoms with Gasteiger partial charge in [-0.1, -0.05) is 0 Å². The van der Waals surface area contributed by atoms with E-state index < -0.39 is 0 Å². The molecule has 6 heteroatoms. The van der Waals surface area contributed by atoms with Gasteiger partial charge in [0, 0.05) is 11.8 Å². The summed E-state index contributed by atoms with van der Waals surface area (Å²) in [7, 11) is 2.11. The van der Waals surface area contributed by atoms with Gasteiger partial charge in [0.05, 0.1) is 12.1 Å². The van der Waals surface area contributed by atoms with E-state index in [1.54, 1.807) is 0 Å². The molecule has 1 atom stereocenters. The summed E-state index contributed by atoms with van der Waals surface area (Å²) >= 11 is 3.44. The number of thiophene rings is 1. The third kappa shape index (κ3) is 2.32. The molecule has 0 aromatic carbocycles. The number of nitrogens with one attached hydrogen (secondary N) is 1. The molecule has 0 amide bonds. The number of nitrogens with zero attached hydrogens (tertiary/aromatic N) is 2. The molecule has 96 valence electrons. The van der Waals surface area contributed by atoms with Crippen molar-refractivity contribution in [1.82, 2.24) is 14.9 Å². The average molecular weight is 281 g/mol. The van der Waals surface area contributed by atoms with E-state index in [9.17, 15) is 4.79 Å². The molecule has 1 N–H and O–H groups in total. The minimum Gasteiger partial charge on any atom is -0.308 e. The summed E-state index contributed by atoms with van der Waals surface area (Å²) in [6.07, 6.45) is 1.23. The van der Waals surface area contributed by atoms with Crippen molar-refractivity contribution < 1.29 is 0 Å². The minimum atomic E-state index is -0.0146. The van der Waals surface area contributed by atoms with Crippen LogP contribution in [0.25, 0.3) is 10.2 Å². The first-order valence-electron chi connectivity index (χ1n) is 5.98. The maximum Gasteiger partial charge on any atom is 0.268 e. The summed E-state index contributed by atoms with van der Waals surface area (Å²) in [6, 6.07) is 2.52. The molecule has 1 aliphatic heterocycles. The normalized spacial score (nSPS) is 20.0. The van der Waals surface area contributed by atoms with Gasteiger partial charge in [-0.05, 0) is 30.7 Å². The fourth-order valence-electron chi connectivity index (χ4n) is 2.23. The van der Waals surface area contributed by atoms with Crippen LogP contribution in [0.1, 0.15) is 12.2 Å². The van der Waals surface area contributed by atoms with Gasteiger partial charge in [0.25, 0.3) is 5.56 Å². The lowest BCUT2D eigenvalue weighted by Gasteiger charge is -2.22. The van der Waals surface area contributed by atoms with Crippen LogP contribution >= 0.6 is 23.1 Å². The van der Waals surface area contributed by atoms with Gasteiger partial charge >= 0.3 is 0 Å². The van der Waals surface area contributed by atoms with Gasteiger partial charge in [-0.15, -0.1) is 11.3 Å². The van der Waals surface area contributed by atoms with E-state index in [2.05, 4.69) is 21.9 Å². The molecule has 1 fully saturated rings. The zero-order chi connectivity index (χ0) is 12.5. The number of hydrogen-bond donors (Lipinski definition) is 1. The Morgan fingerprint density at radius 3 is 3.28 bits per heavy atom. The van der Waals surface area contributed by atoms with Crippen LogP contribution in [0.15, 0.2) is 16.2 Å². The lowest BCUT2D eigenvalue weighted by Crippen LogP contribution is -2.32. The first kappa shape index (κ1) is 12.2. The number of H-pyrrole nitrogens is 1. The number of thioether (sulfide) groups is 1. The monoisotopic (exact) mass is 281 g/mol. The van der Waals surface area contributed by atoms with Crippen LogP contribution in [-0.2, 0) is 6.54 Å². The highest BCUT2D eigenvalue weighted by atomic mass is 32.2. The smallest absolute Gasteiger partial charge is 0.268 e. The molecule has 0 saturated carbocycles. The number of rotatable bonds is 3. The van der Waals surface area contributed by atoms with Gasteiger partial charge in [0.1, 0.15) is 10.5 Å². The van der Waals surface area contributed by atoms with Crippen molar-refractivity contribution in [2.24, 2.45) is 0 Å². The molecular weight excluding hydrogens is 266 g/mol. The lowest BCUT2D eigenvalue weighted by molar-refractivity contribution is 0.248. The molecule has 4 nitrogen and oxygen atoms in total. The Labute approximate surface area is 113 Å². The Kier molecular flexibility index (Phi) is 3.41. The van der Waals surface area contributed by atoms with Crippen LogP contribution < -0.4 is 5.56 Å². The quantitative estimate of drug-likeness (QED) is 0.934. The van der Waals surface area contributed by atoms with Gasteiger partial charge in [0.2, 0.25) is 0 Å². The van der Waals surface area contributed by atoms with Crippen LogP contribution in [0, 0.1) is 0 Å². The van der Waals surface area contributed by atoms with Gasteiger partial charge in [-0.3, -0.25) is 9.69 Å². The fourth-order valence-corrected chi connectivity index (χ4v) is 4.26. The molecular formula is C12H15N3OS2. The standard InChI is InChI=1S/C12H15N3OS2/c1-15(8-2-4-17-7-8)6-10-13-9-3-5-18-11(9)12(16)14-10/h3,5,8H,2,4,6-7H2,1H3,(H,13,14,16)/t8-/m1/s1. The molecule has 3 rings (SSSR count). The first-order valence-corrected chi connectivity index (χ1v) is 8.02. The predicted molar refractivity (Wildman–Crippen MR) is 77.4 cm³/mol. The van der Waals surface area contributed by atoms with Crippen molar-refractivity contribution >= 4 is 33.3 Å². The van der Waals surface area contributed by atoms with E-state index in [0.717, 1.165) is 16.0 Å². The van der Waals surface area contributed by atoms with Crippen molar-refractivity contribution in [1.29, 1.82) is 0 Å². The number of hydrogen-bond acceptors (Lipinski definition) is 5. The van der Waals surface area contributed by atoms with Gasteiger partial charge in [0.15, 0.2) is 0 Å². The minimum absolute atomic E-state index is 0.0146. The average Bonchev–Trinajstić information content (AvgIpc) is 2.99. The Balaban J connectivity index is 1.83. The molecule has 0 spiro atoms. The van der Waals surface area contributed by atoms with E-state index in [4.69, 9.17) is 0 Å². The largest absolute Gasteiger partial charge is 0.308 e. The van der Waals surface area contributed by atoms with Crippen molar-refractivity contribution in [3.63, 3.8) is 0 Å². The Morgan fingerprint density at radius 2 is 2.50 bits per heavy atom. The highest BCUT2D eigenvalue weighted by Crippen LogP contribution is 2.22. The molecule has 0 bridgehead atoms. The second-order valence-electron chi connectivity index (χ2n) is 4.58. The maximum atomic E-state index is 11.9. The number of fused-ring (bicyclic) bond motifs is 1. The summed E-state index contributed by atoms with van der Waals surface area (Å²) in [5, 5.41) is 1.91. The predicted octanol–water partition coefficient (Wildman–Crippen LogP) is 1.92. The third-order valence-corrected chi connectivity index (χ3v) is 5.34. The maximum absolute atomic E-state index is 11.9. The molecule has 2 aromatic rings. The Morgan fingerprint density at radius 1 is 1.61 bits per heavy atom. The van der Waals surface area contributed by atoms with Crippen molar-refractivity contribution in [3.8, 4) is 0 Å². The molecule has 0 radical (unpaired) electrons. The summed E-state index contributed by atoms with van der Waals surface area (Å²) < 4.78 is 0.720.